The van der Waals surface area contributed by atoms with Crippen LogP contribution in [0, 0.1) is 24.2 Å². The van der Waals surface area contributed by atoms with Crippen molar-refractivity contribution in [2.45, 2.75) is 27.3 Å². The van der Waals surface area contributed by atoms with Crippen LogP contribution in [0.15, 0.2) is 24.5 Å². The third-order valence-corrected chi connectivity index (χ3v) is 2.94. The molecule has 2 aromatic rings. The molecule has 0 radical (unpaired) electrons. The molecular formula is C15H19N5. The van der Waals surface area contributed by atoms with Gasteiger partial charge in [0.25, 0.3) is 5.82 Å². The highest BCUT2D eigenvalue weighted by atomic mass is 15.3. The Balaban J connectivity index is 2.25. The van der Waals surface area contributed by atoms with Crippen LogP contribution >= 0.6 is 0 Å². The Morgan fingerprint density at radius 1 is 1.40 bits per heavy atom. The minimum absolute atomic E-state index is 0.187. The minimum Gasteiger partial charge on any atom is -0.312 e. The van der Waals surface area contributed by atoms with E-state index in [0.29, 0.717) is 5.92 Å². The average Bonchev–Trinajstić information content (AvgIpc) is 2.87. The van der Waals surface area contributed by atoms with Gasteiger partial charge in [0.1, 0.15) is 12.4 Å². The third-order valence-electron chi connectivity index (χ3n) is 2.94. The Morgan fingerprint density at radius 2 is 2.20 bits per heavy atom. The van der Waals surface area contributed by atoms with Gasteiger partial charge in [0, 0.05) is 6.54 Å². The first-order valence-electron chi connectivity index (χ1n) is 6.72. The molecule has 0 amide bonds. The molecule has 0 fully saturated rings. The van der Waals surface area contributed by atoms with Crippen LogP contribution in [0.4, 0.5) is 0 Å². The van der Waals surface area contributed by atoms with Crippen molar-refractivity contribution < 1.29 is 0 Å². The first kappa shape index (κ1) is 14.2. The number of aryl methyl sites for hydroxylation is 1. The quantitative estimate of drug-likeness (QED) is 0.903. The van der Waals surface area contributed by atoms with E-state index in [2.05, 4.69) is 42.2 Å². The molecule has 1 N–H and O–H groups in total. The molecule has 20 heavy (non-hydrogen) atoms. The summed E-state index contributed by atoms with van der Waals surface area (Å²) in [6, 6.07) is 8.13. The number of rotatable bonds is 5. The van der Waals surface area contributed by atoms with E-state index in [1.165, 1.54) is 5.56 Å². The zero-order valence-electron chi connectivity index (χ0n) is 12.1. The molecule has 0 saturated heterocycles. The molecule has 0 bridgehead atoms. The molecule has 104 valence electrons. The first-order chi connectivity index (χ1) is 9.60. The Labute approximate surface area is 119 Å². The van der Waals surface area contributed by atoms with Gasteiger partial charge in [-0.05, 0) is 31.0 Å². The molecule has 0 aliphatic rings. The summed E-state index contributed by atoms with van der Waals surface area (Å²) in [5, 5.41) is 16.4. The van der Waals surface area contributed by atoms with E-state index < -0.39 is 0 Å². The van der Waals surface area contributed by atoms with Crippen molar-refractivity contribution in [3.8, 4) is 11.8 Å². The average molecular weight is 269 g/mol. The van der Waals surface area contributed by atoms with Crippen molar-refractivity contribution in [1.29, 1.82) is 5.26 Å². The molecule has 1 aromatic heterocycles. The fourth-order valence-corrected chi connectivity index (χ4v) is 2.01. The van der Waals surface area contributed by atoms with Crippen molar-refractivity contribution >= 4 is 0 Å². The maximum absolute atomic E-state index is 8.81. The summed E-state index contributed by atoms with van der Waals surface area (Å²) in [5.74, 6) is 0.798. The van der Waals surface area contributed by atoms with E-state index in [-0.39, 0.29) is 5.82 Å². The normalized spacial score (nSPS) is 10.8. The zero-order chi connectivity index (χ0) is 14.5. The van der Waals surface area contributed by atoms with Gasteiger partial charge in [0.05, 0.1) is 5.69 Å². The lowest BCUT2D eigenvalue weighted by atomic mass is 10.1. The topological polar surface area (TPSA) is 66.5 Å². The summed E-state index contributed by atoms with van der Waals surface area (Å²) >= 11 is 0. The molecule has 1 aromatic carbocycles. The first-order valence-corrected chi connectivity index (χ1v) is 6.72. The predicted octanol–water partition coefficient (Wildman–Crippen LogP) is 2.19. The van der Waals surface area contributed by atoms with E-state index in [4.69, 9.17) is 5.26 Å². The largest absolute Gasteiger partial charge is 0.312 e. The Bertz CT molecular complexity index is 621. The molecular weight excluding hydrogens is 250 g/mol. The Morgan fingerprint density at radius 3 is 2.85 bits per heavy atom. The Kier molecular flexibility index (Phi) is 4.49. The number of nitrogens with one attached hydrogen (secondary N) is 1. The van der Waals surface area contributed by atoms with Gasteiger partial charge in [-0.1, -0.05) is 31.5 Å². The smallest absolute Gasteiger partial charge is 0.252 e. The molecule has 0 atom stereocenters. The van der Waals surface area contributed by atoms with Gasteiger partial charge in [-0.2, -0.15) is 5.26 Å². The van der Waals surface area contributed by atoms with Crippen molar-refractivity contribution in [3.63, 3.8) is 0 Å². The van der Waals surface area contributed by atoms with E-state index in [9.17, 15) is 0 Å². The molecule has 1 heterocycles. The predicted molar refractivity (Wildman–Crippen MR) is 77.4 cm³/mol. The molecule has 2 rings (SSSR count). The van der Waals surface area contributed by atoms with Crippen LogP contribution in [0.2, 0.25) is 0 Å². The summed E-state index contributed by atoms with van der Waals surface area (Å²) in [4.78, 5) is 3.95. The highest BCUT2D eigenvalue weighted by Crippen LogP contribution is 2.16. The number of hydrogen-bond acceptors (Lipinski definition) is 4. The van der Waals surface area contributed by atoms with E-state index >= 15 is 0 Å². The van der Waals surface area contributed by atoms with Gasteiger partial charge in [0.2, 0.25) is 0 Å². The van der Waals surface area contributed by atoms with Gasteiger partial charge in [-0.15, -0.1) is 5.10 Å². The molecule has 0 aliphatic carbocycles. The highest BCUT2D eigenvalue weighted by Gasteiger charge is 2.08. The summed E-state index contributed by atoms with van der Waals surface area (Å²) < 4.78 is 1.66. The van der Waals surface area contributed by atoms with Gasteiger partial charge < -0.3 is 5.32 Å². The summed E-state index contributed by atoms with van der Waals surface area (Å²) in [5.41, 5.74) is 3.32. The third kappa shape index (κ3) is 3.43. The number of aromatic nitrogens is 3. The van der Waals surface area contributed by atoms with Crippen LogP contribution < -0.4 is 5.32 Å². The minimum atomic E-state index is 0.187. The summed E-state index contributed by atoms with van der Waals surface area (Å²) in [7, 11) is 0. The van der Waals surface area contributed by atoms with Gasteiger partial charge in [-0.3, -0.25) is 0 Å². The van der Waals surface area contributed by atoms with Crippen molar-refractivity contribution in [2.75, 3.05) is 6.54 Å². The fraction of sp³-hybridized carbons (Fsp3) is 0.400. The van der Waals surface area contributed by atoms with Gasteiger partial charge in [0.15, 0.2) is 0 Å². The number of nitrogens with zero attached hydrogens (tertiary/aromatic N) is 4. The lowest BCUT2D eigenvalue weighted by Gasteiger charge is -2.12. The van der Waals surface area contributed by atoms with Gasteiger partial charge in [-0.25, -0.2) is 9.67 Å². The lowest BCUT2D eigenvalue weighted by molar-refractivity contribution is 0.551. The van der Waals surface area contributed by atoms with E-state index in [1.807, 2.05) is 18.2 Å². The van der Waals surface area contributed by atoms with E-state index in [0.717, 1.165) is 24.3 Å². The highest BCUT2D eigenvalue weighted by molar-refractivity contribution is 5.42. The van der Waals surface area contributed by atoms with Crippen molar-refractivity contribution in [2.24, 2.45) is 5.92 Å². The van der Waals surface area contributed by atoms with E-state index in [1.54, 1.807) is 11.0 Å². The molecule has 0 unspecified atom stereocenters. The molecule has 5 nitrogen and oxygen atoms in total. The summed E-state index contributed by atoms with van der Waals surface area (Å²) in [6.07, 6.45) is 1.58. The lowest BCUT2D eigenvalue weighted by Crippen LogP contribution is -2.20. The van der Waals surface area contributed by atoms with Crippen molar-refractivity contribution in [1.82, 2.24) is 20.1 Å². The van der Waals surface area contributed by atoms with Crippen LogP contribution in [0.3, 0.4) is 0 Å². The van der Waals surface area contributed by atoms with Crippen LogP contribution in [-0.2, 0) is 6.54 Å². The van der Waals surface area contributed by atoms with Crippen LogP contribution in [-0.4, -0.2) is 21.3 Å². The van der Waals surface area contributed by atoms with Crippen LogP contribution in [0.1, 0.15) is 30.8 Å². The molecule has 5 heteroatoms. The van der Waals surface area contributed by atoms with Gasteiger partial charge >= 0.3 is 0 Å². The monoisotopic (exact) mass is 269 g/mol. The number of nitriles is 1. The van der Waals surface area contributed by atoms with Crippen LogP contribution in [0.5, 0.6) is 0 Å². The number of hydrogen-bond donors (Lipinski definition) is 1. The SMILES string of the molecule is Cc1ccc(-n2cnc(C#N)n2)c(CNCC(C)C)c1. The molecule has 0 spiro atoms. The fourth-order valence-electron chi connectivity index (χ4n) is 2.01. The van der Waals surface area contributed by atoms with Crippen LogP contribution in [0.25, 0.3) is 5.69 Å². The second kappa shape index (κ2) is 6.31. The second-order valence-electron chi connectivity index (χ2n) is 5.28. The van der Waals surface area contributed by atoms with Crippen molar-refractivity contribution in [3.05, 3.63) is 41.5 Å². The maximum atomic E-state index is 8.81. The maximum Gasteiger partial charge on any atom is 0.252 e. The second-order valence-corrected chi connectivity index (χ2v) is 5.28. The molecule has 0 aliphatic heterocycles. The zero-order valence-corrected chi connectivity index (χ0v) is 12.1. The number of benzene rings is 1. The Hall–Kier alpha value is -2.19. The summed E-state index contributed by atoms with van der Waals surface area (Å²) in [6.45, 7) is 8.17. The molecule has 0 saturated carbocycles. The standard InChI is InChI=1S/C15H19N5/c1-11(2)8-17-9-13-6-12(3)4-5-14(13)20-10-18-15(7-16)19-20/h4-6,10-11,17H,8-9H2,1-3H3.